The molecule has 0 amide bonds. The molecule has 0 atom stereocenters. The van der Waals surface area contributed by atoms with Gasteiger partial charge >= 0.3 is 0 Å². The number of anilines is 1. The maximum atomic E-state index is 11.8. The summed E-state index contributed by atoms with van der Waals surface area (Å²) in [5.41, 5.74) is 0.673. The van der Waals surface area contributed by atoms with Crippen molar-refractivity contribution < 1.29 is 0 Å². The third-order valence-corrected chi connectivity index (χ3v) is 2.97. The van der Waals surface area contributed by atoms with Crippen molar-refractivity contribution in [1.29, 1.82) is 0 Å². The molecule has 0 aliphatic rings. The van der Waals surface area contributed by atoms with Gasteiger partial charge in [-0.25, -0.2) is 4.98 Å². The van der Waals surface area contributed by atoms with E-state index in [4.69, 9.17) is 0 Å². The first-order valence-corrected chi connectivity index (χ1v) is 6.39. The largest absolute Gasteiger partial charge is 0.369 e. The van der Waals surface area contributed by atoms with Gasteiger partial charge in [0.2, 0.25) is 0 Å². The minimum absolute atomic E-state index is 0.0740. The summed E-state index contributed by atoms with van der Waals surface area (Å²) in [7, 11) is 0. The summed E-state index contributed by atoms with van der Waals surface area (Å²) < 4.78 is 2.13. The molecule has 1 N–H and O–H groups in total. The standard InChI is InChI=1S/C12H13BrN4O/c1-2-14-11-7-15-9(6-16-11)8-17-5-3-4-10(13)12(17)18/h3-7H,2,8H2,1H3,(H,14,16). The molecule has 0 aliphatic heterocycles. The van der Waals surface area contributed by atoms with Crippen LogP contribution in [0, 0.1) is 0 Å². The summed E-state index contributed by atoms with van der Waals surface area (Å²) in [6.07, 6.45) is 5.07. The Bertz CT molecular complexity index is 579. The fourth-order valence-electron chi connectivity index (χ4n) is 1.52. The average Bonchev–Trinajstić information content (AvgIpc) is 2.38. The smallest absolute Gasteiger partial charge is 0.265 e. The third-order valence-electron chi connectivity index (χ3n) is 2.37. The summed E-state index contributed by atoms with van der Waals surface area (Å²) in [5, 5.41) is 3.07. The van der Waals surface area contributed by atoms with E-state index >= 15 is 0 Å². The first kappa shape index (κ1) is 12.8. The second-order valence-electron chi connectivity index (χ2n) is 3.71. The molecule has 0 fully saturated rings. The lowest BCUT2D eigenvalue weighted by Crippen LogP contribution is -2.20. The molecule has 2 aromatic rings. The Morgan fingerprint density at radius 3 is 2.89 bits per heavy atom. The van der Waals surface area contributed by atoms with Gasteiger partial charge in [-0.1, -0.05) is 0 Å². The van der Waals surface area contributed by atoms with Crippen LogP contribution < -0.4 is 10.9 Å². The van der Waals surface area contributed by atoms with Gasteiger partial charge < -0.3 is 9.88 Å². The van der Waals surface area contributed by atoms with Crippen LogP contribution in [0.15, 0.2) is 40.0 Å². The van der Waals surface area contributed by atoms with Crippen molar-refractivity contribution in [3.05, 3.63) is 51.2 Å². The van der Waals surface area contributed by atoms with E-state index in [2.05, 4.69) is 31.2 Å². The molecule has 0 spiro atoms. The van der Waals surface area contributed by atoms with Crippen molar-refractivity contribution in [1.82, 2.24) is 14.5 Å². The molecule has 0 aliphatic carbocycles. The molecule has 18 heavy (non-hydrogen) atoms. The van der Waals surface area contributed by atoms with Gasteiger partial charge in [0.05, 0.1) is 29.1 Å². The Morgan fingerprint density at radius 2 is 2.22 bits per heavy atom. The Hall–Kier alpha value is -1.69. The molecule has 2 heterocycles. The molecule has 5 nitrogen and oxygen atoms in total. The Morgan fingerprint density at radius 1 is 1.39 bits per heavy atom. The lowest BCUT2D eigenvalue weighted by Gasteiger charge is -2.06. The summed E-state index contributed by atoms with van der Waals surface area (Å²) in [5.74, 6) is 0.739. The van der Waals surface area contributed by atoms with Gasteiger partial charge in [0.15, 0.2) is 0 Å². The number of hydrogen-bond acceptors (Lipinski definition) is 4. The van der Waals surface area contributed by atoms with Crippen LogP contribution in [0.1, 0.15) is 12.6 Å². The van der Waals surface area contributed by atoms with Crippen molar-refractivity contribution in [2.75, 3.05) is 11.9 Å². The van der Waals surface area contributed by atoms with Crippen LogP contribution in [0.2, 0.25) is 0 Å². The van der Waals surface area contributed by atoms with Crippen molar-refractivity contribution in [3.63, 3.8) is 0 Å². The predicted molar refractivity (Wildman–Crippen MR) is 73.7 cm³/mol. The summed E-state index contributed by atoms with van der Waals surface area (Å²) in [6.45, 7) is 3.22. The Kier molecular flexibility index (Phi) is 4.09. The van der Waals surface area contributed by atoms with Crippen LogP contribution >= 0.6 is 15.9 Å². The van der Waals surface area contributed by atoms with Crippen LogP contribution in [-0.4, -0.2) is 21.1 Å². The molecule has 0 saturated carbocycles. The van der Waals surface area contributed by atoms with Gasteiger partial charge in [0.25, 0.3) is 5.56 Å². The summed E-state index contributed by atoms with van der Waals surface area (Å²) in [6, 6.07) is 3.53. The van der Waals surface area contributed by atoms with E-state index < -0.39 is 0 Å². The molecule has 0 unspecified atom stereocenters. The van der Waals surface area contributed by atoms with Crippen LogP contribution in [0.3, 0.4) is 0 Å². The maximum absolute atomic E-state index is 11.8. The number of aromatic nitrogens is 3. The van der Waals surface area contributed by atoms with Crippen LogP contribution in [0.25, 0.3) is 0 Å². The number of nitrogens with one attached hydrogen (secondary N) is 1. The van der Waals surface area contributed by atoms with E-state index in [0.29, 0.717) is 11.0 Å². The minimum atomic E-state index is -0.0740. The molecule has 0 radical (unpaired) electrons. The van der Waals surface area contributed by atoms with E-state index in [1.54, 1.807) is 29.2 Å². The van der Waals surface area contributed by atoms with E-state index in [1.807, 2.05) is 13.0 Å². The van der Waals surface area contributed by atoms with Crippen LogP contribution in [-0.2, 0) is 6.54 Å². The molecule has 2 aromatic heterocycles. The highest BCUT2D eigenvalue weighted by Crippen LogP contribution is 2.04. The highest BCUT2D eigenvalue weighted by atomic mass is 79.9. The van der Waals surface area contributed by atoms with Crippen molar-refractivity contribution in [3.8, 4) is 0 Å². The maximum Gasteiger partial charge on any atom is 0.265 e. The highest BCUT2D eigenvalue weighted by molar-refractivity contribution is 9.10. The number of rotatable bonds is 4. The summed E-state index contributed by atoms with van der Waals surface area (Å²) in [4.78, 5) is 20.3. The molecule has 2 rings (SSSR count). The monoisotopic (exact) mass is 308 g/mol. The van der Waals surface area contributed by atoms with Gasteiger partial charge in [-0.2, -0.15) is 0 Å². The zero-order valence-electron chi connectivity index (χ0n) is 9.93. The van der Waals surface area contributed by atoms with Gasteiger partial charge in [0.1, 0.15) is 5.82 Å². The molecule has 94 valence electrons. The van der Waals surface area contributed by atoms with E-state index in [1.165, 1.54) is 0 Å². The second kappa shape index (κ2) is 5.77. The quantitative estimate of drug-likeness (QED) is 0.937. The first-order chi connectivity index (χ1) is 8.70. The molecule has 0 saturated heterocycles. The fourth-order valence-corrected chi connectivity index (χ4v) is 1.90. The normalized spacial score (nSPS) is 10.3. The van der Waals surface area contributed by atoms with E-state index in [9.17, 15) is 4.79 Å². The topological polar surface area (TPSA) is 59.8 Å². The number of nitrogens with zero attached hydrogens (tertiary/aromatic N) is 3. The number of hydrogen-bond donors (Lipinski definition) is 1. The lowest BCUT2D eigenvalue weighted by molar-refractivity contribution is 0.731. The van der Waals surface area contributed by atoms with Crippen molar-refractivity contribution >= 4 is 21.7 Å². The summed E-state index contributed by atoms with van der Waals surface area (Å²) >= 11 is 3.21. The fraction of sp³-hybridized carbons (Fsp3) is 0.250. The van der Waals surface area contributed by atoms with Gasteiger partial charge in [-0.3, -0.25) is 9.78 Å². The van der Waals surface area contributed by atoms with Crippen LogP contribution in [0.5, 0.6) is 0 Å². The van der Waals surface area contributed by atoms with Gasteiger partial charge in [-0.05, 0) is 35.0 Å². The molecular formula is C12H13BrN4O. The lowest BCUT2D eigenvalue weighted by atomic mass is 10.4. The number of pyridine rings is 1. The molecule has 0 bridgehead atoms. The first-order valence-electron chi connectivity index (χ1n) is 5.60. The van der Waals surface area contributed by atoms with Crippen molar-refractivity contribution in [2.45, 2.75) is 13.5 Å². The second-order valence-corrected chi connectivity index (χ2v) is 4.57. The number of halogens is 1. The van der Waals surface area contributed by atoms with Gasteiger partial charge in [-0.15, -0.1) is 0 Å². The predicted octanol–water partition coefficient (Wildman–Crippen LogP) is 1.88. The molecule has 0 aromatic carbocycles. The van der Waals surface area contributed by atoms with E-state index in [0.717, 1.165) is 18.1 Å². The Labute approximate surface area is 113 Å². The zero-order valence-corrected chi connectivity index (χ0v) is 11.5. The van der Waals surface area contributed by atoms with Gasteiger partial charge in [0, 0.05) is 12.7 Å². The minimum Gasteiger partial charge on any atom is -0.369 e. The molecule has 6 heteroatoms. The highest BCUT2D eigenvalue weighted by Gasteiger charge is 2.02. The zero-order chi connectivity index (χ0) is 13.0. The molecular weight excluding hydrogens is 296 g/mol. The van der Waals surface area contributed by atoms with Crippen molar-refractivity contribution in [2.24, 2.45) is 0 Å². The Balaban J connectivity index is 2.18. The van der Waals surface area contributed by atoms with E-state index in [-0.39, 0.29) is 5.56 Å². The SMILES string of the molecule is CCNc1cnc(Cn2cccc(Br)c2=O)cn1. The third kappa shape index (κ3) is 2.95. The van der Waals surface area contributed by atoms with Crippen LogP contribution in [0.4, 0.5) is 5.82 Å². The average molecular weight is 309 g/mol.